The largest absolute Gasteiger partial charge is 0.504 e. The molecule has 4 aliphatic rings. The molecular weight excluding hydrogens is 302 g/mol. The van der Waals surface area contributed by atoms with Crippen molar-refractivity contribution in [1.82, 2.24) is 4.90 Å². The molecular formula is C20H25NO3. The van der Waals surface area contributed by atoms with Crippen LogP contribution in [-0.2, 0) is 11.8 Å². The van der Waals surface area contributed by atoms with Crippen molar-refractivity contribution >= 4 is 0 Å². The third kappa shape index (κ3) is 1.44. The number of ether oxygens (including phenoxy) is 1. The molecule has 1 saturated heterocycles. The molecule has 2 aliphatic heterocycles. The minimum Gasteiger partial charge on any atom is -0.504 e. The molecule has 1 aromatic rings. The molecule has 2 N–H and O–H groups in total. The predicted octanol–water partition coefficient (Wildman–Crippen LogP) is 2.37. The van der Waals surface area contributed by atoms with Crippen LogP contribution in [0.5, 0.6) is 11.5 Å². The number of likely N-dealkylation sites (tertiary alicyclic amines) is 1. The van der Waals surface area contributed by atoms with E-state index in [1.54, 1.807) is 6.07 Å². The Morgan fingerprint density at radius 1 is 1.42 bits per heavy atom. The Balaban J connectivity index is 1.78. The van der Waals surface area contributed by atoms with Gasteiger partial charge in [0.05, 0.1) is 11.0 Å². The Hall–Kier alpha value is -1.52. The zero-order valence-electron chi connectivity index (χ0n) is 14.2. The quantitative estimate of drug-likeness (QED) is 0.819. The molecule has 1 spiro atoms. The number of benzene rings is 1. The summed E-state index contributed by atoms with van der Waals surface area (Å²) < 4.78 is 6.33. The van der Waals surface area contributed by atoms with Gasteiger partial charge in [0.1, 0.15) is 6.10 Å². The molecule has 2 heterocycles. The van der Waals surface area contributed by atoms with E-state index in [9.17, 15) is 10.2 Å². The Morgan fingerprint density at radius 2 is 2.25 bits per heavy atom. The lowest BCUT2D eigenvalue weighted by atomic mass is 9.47. The van der Waals surface area contributed by atoms with Gasteiger partial charge < -0.3 is 14.9 Å². The Kier molecular flexibility index (Phi) is 2.81. The van der Waals surface area contributed by atoms with Gasteiger partial charge in [0.15, 0.2) is 11.5 Å². The molecule has 3 unspecified atom stereocenters. The second kappa shape index (κ2) is 4.55. The molecule has 0 aromatic heterocycles. The summed E-state index contributed by atoms with van der Waals surface area (Å²) in [7, 11) is 0. The molecule has 4 nitrogen and oxygen atoms in total. The van der Waals surface area contributed by atoms with E-state index in [-0.39, 0.29) is 23.3 Å². The molecule has 24 heavy (non-hydrogen) atoms. The monoisotopic (exact) mass is 327 g/mol. The van der Waals surface area contributed by atoms with Gasteiger partial charge in [-0.3, -0.25) is 4.90 Å². The second-order valence-electron chi connectivity index (χ2n) is 8.15. The van der Waals surface area contributed by atoms with Gasteiger partial charge in [-0.2, -0.15) is 0 Å². The van der Waals surface area contributed by atoms with Crippen LogP contribution in [0.2, 0.25) is 0 Å². The number of piperidine rings is 1. The lowest BCUT2D eigenvalue weighted by molar-refractivity contribution is -0.194. The molecule has 4 heteroatoms. The minimum atomic E-state index is -0.780. The molecule has 2 bridgehead atoms. The van der Waals surface area contributed by atoms with Crippen LogP contribution >= 0.6 is 0 Å². The summed E-state index contributed by atoms with van der Waals surface area (Å²) in [6.07, 6.45) is 5.37. The van der Waals surface area contributed by atoms with Gasteiger partial charge in [-0.25, -0.2) is 0 Å². The van der Waals surface area contributed by atoms with Gasteiger partial charge >= 0.3 is 0 Å². The Bertz CT molecular complexity index is 732. The van der Waals surface area contributed by atoms with E-state index in [0.29, 0.717) is 11.7 Å². The summed E-state index contributed by atoms with van der Waals surface area (Å²) in [5.41, 5.74) is 1.20. The maximum atomic E-state index is 12.0. The lowest BCUT2D eigenvalue weighted by Crippen LogP contribution is -2.76. The molecule has 0 radical (unpaired) electrons. The van der Waals surface area contributed by atoms with Crippen molar-refractivity contribution in [3.8, 4) is 11.5 Å². The summed E-state index contributed by atoms with van der Waals surface area (Å²) in [5, 5.41) is 22.4. The van der Waals surface area contributed by atoms with Gasteiger partial charge in [0.2, 0.25) is 0 Å². The minimum absolute atomic E-state index is 0.0352. The molecule has 5 rings (SSSR count). The van der Waals surface area contributed by atoms with E-state index in [2.05, 4.69) is 18.4 Å². The summed E-state index contributed by atoms with van der Waals surface area (Å²) in [5.74, 6) is 1.24. The topological polar surface area (TPSA) is 52.9 Å². The third-order valence-corrected chi connectivity index (χ3v) is 7.23. The van der Waals surface area contributed by atoms with Gasteiger partial charge in [-0.15, -0.1) is 6.58 Å². The summed E-state index contributed by atoms with van der Waals surface area (Å²) in [6.45, 7) is 7.88. The van der Waals surface area contributed by atoms with E-state index in [4.69, 9.17) is 4.74 Å². The number of aliphatic hydroxyl groups is 1. The van der Waals surface area contributed by atoms with E-state index in [1.165, 1.54) is 5.56 Å². The normalized spacial score (nSPS) is 42.3. The zero-order chi connectivity index (χ0) is 16.7. The highest BCUT2D eigenvalue weighted by molar-refractivity contribution is 5.62. The fourth-order valence-corrected chi connectivity index (χ4v) is 6.26. The molecule has 2 fully saturated rings. The van der Waals surface area contributed by atoms with E-state index in [1.807, 2.05) is 12.1 Å². The van der Waals surface area contributed by atoms with Crippen molar-refractivity contribution in [3.63, 3.8) is 0 Å². The number of rotatable bonds is 2. The number of nitrogens with zero attached hydrogens (tertiary/aromatic N) is 1. The van der Waals surface area contributed by atoms with E-state index < -0.39 is 5.60 Å². The molecule has 128 valence electrons. The first-order valence-corrected chi connectivity index (χ1v) is 9.12. The molecule has 2 aliphatic carbocycles. The van der Waals surface area contributed by atoms with Crippen molar-refractivity contribution in [2.45, 2.75) is 55.8 Å². The SMILES string of the molecule is C=CCN1CC[C@]23c4c5ccc(O)c4OC2C(C)CC[C@@]3(O)C1C5. The first-order chi connectivity index (χ1) is 11.5. The molecule has 1 saturated carbocycles. The van der Waals surface area contributed by atoms with Crippen molar-refractivity contribution < 1.29 is 14.9 Å². The molecule has 0 amide bonds. The maximum absolute atomic E-state index is 12.0. The van der Waals surface area contributed by atoms with Gasteiger partial charge in [0, 0.05) is 18.2 Å². The Morgan fingerprint density at radius 3 is 3.04 bits per heavy atom. The van der Waals surface area contributed by atoms with Crippen LogP contribution in [0.15, 0.2) is 24.8 Å². The smallest absolute Gasteiger partial charge is 0.165 e. The number of hydrogen-bond donors (Lipinski definition) is 2. The van der Waals surface area contributed by atoms with Gasteiger partial charge in [0.25, 0.3) is 0 Å². The Labute approximate surface area is 142 Å². The first-order valence-electron chi connectivity index (χ1n) is 9.12. The highest BCUT2D eigenvalue weighted by atomic mass is 16.5. The highest BCUT2D eigenvalue weighted by Gasteiger charge is 2.72. The molecule has 5 atom stereocenters. The zero-order valence-corrected chi connectivity index (χ0v) is 14.2. The van der Waals surface area contributed by atoms with Crippen LogP contribution in [-0.4, -0.2) is 45.9 Å². The number of phenols is 1. The number of aromatic hydroxyl groups is 1. The van der Waals surface area contributed by atoms with Crippen molar-refractivity contribution in [3.05, 3.63) is 35.9 Å². The third-order valence-electron chi connectivity index (χ3n) is 7.23. The van der Waals surface area contributed by atoms with Crippen LogP contribution in [0.25, 0.3) is 0 Å². The standard InChI is InChI=1S/C20H25NO3/c1-3-9-21-10-8-19-16-13-4-5-14(22)17(16)24-18(19)12(2)6-7-20(19,23)15(21)11-13/h3-5,12,15,18,22-23H,1,6-11H2,2H3/t12?,15?,18?,19-,20+/m0/s1. The highest BCUT2D eigenvalue weighted by Crippen LogP contribution is 2.66. The number of hydrogen-bond acceptors (Lipinski definition) is 4. The van der Waals surface area contributed by atoms with Crippen molar-refractivity contribution in [1.29, 1.82) is 0 Å². The fourth-order valence-electron chi connectivity index (χ4n) is 6.26. The summed E-state index contributed by atoms with van der Waals surface area (Å²) >= 11 is 0. The van der Waals surface area contributed by atoms with E-state index >= 15 is 0 Å². The molecule has 1 aromatic carbocycles. The van der Waals surface area contributed by atoms with Crippen LogP contribution in [0.1, 0.15) is 37.3 Å². The van der Waals surface area contributed by atoms with E-state index in [0.717, 1.165) is 44.3 Å². The maximum Gasteiger partial charge on any atom is 0.165 e. The van der Waals surface area contributed by atoms with Crippen LogP contribution in [0, 0.1) is 5.92 Å². The van der Waals surface area contributed by atoms with Crippen LogP contribution in [0.4, 0.5) is 0 Å². The van der Waals surface area contributed by atoms with Gasteiger partial charge in [-0.05, 0) is 49.8 Å². The van der Waals surface area contributed by atoms with Crippen LogP contribution < -0.4 is 4.74 Å². The average molecular weight is 327 g/mol. The van der Waals surface area contributed by atoms with Crippen LogP contribution in [0.3, 0.4) is 0 Å². The summed E-state index contributed by atoms with van der Waals surface area (Å²) in [4.78, 5) is 2.39. The fraction of sp³-hybridized carbons (Fsp3) is 0.600. The second-order valence-corrected chi connectivity index (χ2v) is 8.15. The van der Waals surface area contributed by atoms with Crippen molar-refractivity contribution in [2.75, 3.05) is 13.1 Å². The number of phenolic OH excluding ortho intramolecular Hbond substituents is 1. The van der Waals surface area contributed by atoms with Gasteiger partial charge in [-0.1, -0.05) is 19.1 Å². The average Bonchev–Trinajstić information content (AvgIpc) is 2.91. The van der Waals surface area contributed by atoms with Crippen molar-refractivity contribution in [2.24, 2.45) is 5.92 Å². The summed E-state index contributed by atoms with van der Waals surface area (Å²) in [6, 6.07) is 3.89. The lowest BCUT2D eigenvalue weighted by Gasteiger charge is -2.64. The predicted molar refractivity (Wildman–Crippen MR) is 91.4 cm³/mol. The first kappa shape index (κ1) is 14.8.